The van der Waals surface area contributed by atoms with Crippen LogP contribution in [0.25, 0.3) is 0 Å². The lowest BCUT2D eigenvalue weighted by Gasteiger charge is -2.20. The van der Waals surface area contributed by atoms with Crippen molar-refractivity contribution in [3.05, 3.63) is 29.3 Å². The van der Waals surface area contributed by atoms with Crippen molar-refractivity contribution in [3.8, 4) is 0 Å². The molecule has 1 aromatic carbocycles. The Morgan fingerprint density at radius 1 is 1.26 bits per heavy atom. The molecule has 2 atom stereocenters. The predicted octanol–water partition coefficient (Wildman–Crippen LogP) is 1.88. The molecule has 1 aromatic rings. The normalized spacial score (nSPS) is 14.1. The number of carbonyl (C=O) groups excluding carboxylic acids is 1. The van der Waals surface area contributed by atoms with Gasteiger partial charge in [-0.3, -0.25) is 4.79 Å². The van der Waals surface area contributed by atoms with E-state index in [4.69, 9.17) is 0 Å². The van der Waals surface area contributed by atoms with Crippen molar-refractivity contribution in [2.75, 3.05) is 6.26 Å². The monoisotopic (exact) mass is 341 g/mol. The molecule has 23 heavy (non-hydrogen) atoms. The van der Waals surface area contributed by atoms with E-state index in [1.165, 1.54) is 12.1 Å². The number of benzene rings is 1. The molecule has 0 radical (unpaired) electrons. The molecule has 0 aliphatic rings. The van der Waals surface area contributed by atoms with Crippen molar-refractivity contribution in [3.63, 3.8) is 0 Å². The van der Waals surface area contributed by atoms with Crippen LogP contribution in [0.3, 0.4) is 0 Å². The minimum Gasteiger partial charge on any atom is -0.480 e. The third kappa shape index (κ3) is 4.79. The molecule has 0 aliphatic carbocycles. The molecular formula is C16H23NO5S. The fourth-order valence-electron chi connectivity index (χ4n) is 2.24. The van der Waals surface area contributed by atoms with Gasteiger partial charge < -0.3 is 10.4 Å². The van der Waals surface area contributed by atoms with Gasteiger partial charge in [-0.1, -0.05) is 33.3 Å². The van der Waals surface area contributed by atoms with Crippen LogP contribution in [-0.4, -0.2) is 37.7 Å². The molecule has 0 aromatic heterocycles. The molecule has 0 spiro atoms. The summed E-state index contributed by atoms with van der Waals surface area (Å²) in [6.45, 7) is 5.40. The smallest absolute Gasteiger partial charge is 0.326 e. The summed E-state index contributed by atoms with van der Waals surface area (Å²) in [5.41, 5.74) is 0.762. The number of aliphatic carboxylic acids is 1. The molecule has 128 valence electrons. The van der Waals surface area contributed by atoms with E-state index in [1.807, 2.05) is 13.8 Å². The van der Waals surface area contributed by atoms with E-state index in [-0.39, 0.29) is 16.4 Å². The van der Waals surface area contributed by atoms with E-state index in [0.717, 1.165) is 6.26 Å². The fraction of sp³-hybridized carbons (Fsp3) is 0.500. The van der Waals surface area contributed by atoms with E-state index in [1.54, 1.807) is 13.0 Å². The summed E-state index contributed by atoms with van der Waals surface area (Å²) >= 11 is 0. The molecule has 2 N–H and O–H groups in total. The van der Waals surface area contributed by atoms with Crippen molar-refractivity contribution in [1.29, 1.82) is 0 Å². The molecule has 0 bridgehead atoms. The highest BCUT2D eigenvalue weighted by molar-refractivity contribution is 7.90. The van der Waals surface area contributed by atoms with Gasteiger partial charge in [0, 0.05) is 11.8 Å². The minimum absolute atomic E-state index is 0.100. The van der Waals surface area contributed by atoms with Crippen LogP contribution in [0.5, 0.6) is 0 Å². The largest absolute Gasteiger partial charge is 0.480 e. The predicted molar refractivity (Wildman–Crippen MR) is 87.3 cm³/mol. The summed E-state index contributed by atoms with van der Waals surface area (Å²) in [4.78, 5) is 23.7. The first-order valence-electron chi connectivity index (χ1n) is 7.48. The molecular weight excluding hydrogens is 318 g/mol. The number of sulfone groups is 1. The summed E-state index contributed by atoms with van der Waals surface area (Å²) in [5.74, 6) is -1.94. The van der Waals surface area contributed by atoms with Gasteiger partial charge in [0.05, 0.1) is 4.90 Å². The van der Waals surface area contributed by atoms with Crippen LogP contribution in [-0.2, 0) is 21.1 Å². The number of hydrogen-bond donors (Lipinski definition) is 2. The molecule has 0 saturated heterocycles. The number of aryl methyl sites for hydroxylation is 1. The Morgan fingerprint density at radius 2 is 1.87 bits per heavy atom. The summed E-state index contributed by atoms with van der Waals surface area (Å²) in [5, 5.41) is 11.7. The van der Waals surface area contributed by atoms with Gasteiger partial charge in [0.25, 0.3) is 5.91 Å². The number of carbonyl (C=O) groups is 2. The maximum Gasteiger partial charge on any atom is 0.326 e. The Bertz CT molecular complexity index is 696. The van der Waals surface area contributed by atoms with Crippen LogP contribution in [0.1, 0.15) is 43.1 Å². The number of nitrogens with one attached hydrogen (secondary N) is 1. The van der Waals surface area contributed by atoms with Gasteiger partial charge in [0.1, 0.15) is 6.04 Å². The number of amides is 1. The van der Waals surface area contributed by atoms with Crippen LogP contribution >= 0.6 is 0 Å². The van der Waals surface area contributed by atoms with Crippen LogP contribution < -0.4 is 5.32 Å². The Morgan fingerprint density at radius 3 is 2.30 bits per heavy atom. The van der Waals surface area contributed by atoms with E-state index in [0.29, 0.717) is 18.4 Å². The zero-order chi connectivity index (χ0) is 17.8. The first-order chi connectivity index (χ1) is 10.6. The van der Waals surface area contributed by atoms with E-state index in [2.05, 4.69) is 5.32 Å². The lowest BCUT2D eigenvalue weighted by Crippen LogP contribution is -2.45. The Hall–Kier alpha value is -1.89. The maximum absolute atomic E-state index is 12.3. The first kappa shape index (κ1) is 19.2. The van der Waals surface area contributed by atoms with Crippen molar-refractivity contribution in [2.45, 2.75) is 44.6 Å². The Labute approximate surface area is 136 Å². The molecule has 0 aliphatic heterocycles. The van der Waals surface area contributed by atoms with Crippen molar-refractivity contribution >= 4 is 21.7 Å². The van der Waals surface area contributed by atoms with E-state index >= 15 is 0 Å². The number of carboxylic acids is 1. The third-order valence-corrected chi connectivity index (χ3v) is 5.05. The maximum atomic E-state index is 12.3. The van der Waals surface area contributed by atoms with Gasteiger partial charge in [0.15, 0.2) is 9.84 Å². The molecule has 7 heteroatoms. The molecule has 6 nitrogen and oxygen atoms in total. The second kappa shape index (κ2) is 7.59. The second-order valence-corrected chi connectivity index (χ2v) is 7.61. The van der Waals surface area contributed by atoms with Crippen LogP contribution in [0, 0.1) is 5.92 Å². The summed E-state index contributed by atoms with van der Waals surface area (Å²) in [6, 6.07) is 3.39. The zero-order valence-electron chi connectivity index (χ0n) is 13.8. The molecule has 0 saturated carbocycles. The SMILES string of the molecule is CCc1ccc(C(=O)NC(C(=O)O)C(C)CC)cc1S(C)(=O)=O. The van der Waals surface area contributed by atoms with Gasteiger partial charge >= 0.3 is 5.97 Å². The Kier molecular flexibility index (Phi) is 6.32. The zero-order valence-corrected chi connectivity index (χ0v) is 14.6. The van der Waals surface area contributed by atoms with E-state index in [9.17, 15) is 23.1 Å². The van der Waals surface area contributed by atoms with E-state index < -0.39 is 27.8 Å². The standard InChI is InChI=1S/C16H23NO5S/c1-5-10(3)14(16(19)20)17-15(18)12-8-7-11(6-2)13(9-12)23(4,21)22/h7-10,14H,5-6H2,1-4H3,(H,17,18)(H,19,20). The van der Waals surface area contributed by atoms with Crippen LogP contribution in [0.2, 0.25) is 0 Å². The molecule has 0 fully saturated rings. The van der Waals surface area contributed by atoms with Crippen molar-refractivity contribution < 1.29 is 23.1 Å². The topological polar surface area (TPSA) is 101 Å². The quantitative estimate of drug-likeness (QED) is 0.788. The van der Waals surface area contributed by atoms with Crippen molar-refractivity contribution in [2.24, 2.45) is 5.92 Å². The van der Waals surface area contributed by atoms with Gasteiger partial charge in [-0.25, -0.2) is 13.2 Å². The van der Waals surface area contributed by atoms with Gasteiger partial charge in [-0.2, -0.15) is 0 Å². The highest BCUT2D eigenvalue weighted by atomic mass is 32.2. The average Bonchev–Trinajstić information content (AvgIpc) is 2.49. The number of carboxylic acid groups (broad SMARTS) is 1. The first-order valence-corrected chi connectivity index (χ1v) is 9.37. The summed E-state index contributed by atoms with van der Waals surface area (Å²) < 4.78 is 23.7. The van der Waals surface area contributed by atoms with Crippen LogP contribution in [0.15, 0.2) is 23.1 Å². The Balaban J connectivity index is 3.16. The molecule has 0 heterocycles. The average molecular weight is 341 g/mol. The summed E-state index contributed by atoms with van der Waals surface area (Å²) in [6.07, 6.45) is 2.21. The van der Waals surface area contributed by atoms with Gasteiger partial charge in [0.2, 0.25) is 0 Å². The minimum atomic E-state index is -3.46. The summed E-state index contributed by atoms with van der Waals surface area (Å²) in [7, 11) is -3.46. The van der Waals surface area contributed by atoms with Crippen molar-refractivity contribution in [1.82, 2.24) is 5.32 Å². The highest BCUT2D eigenvalue weighted by Gasteiger charge is 2.26. The number of hydrogen-bond acceptors (Lipinski definition) is 4. The van der Waals surface area contributed by atoms with Gasteiger partial charge in [-0.05, 0) is 30.0 Å². The molecule has 1 rings (SSSR count). The lowest BCUT2D eigenvalue weighted by atomic mass is 9.99. The highest BCUT2D eigenvalue weighted by Crippen LogP contribution is 2.19. The lowest BCUT2D eigenvalue weighted by molar-refractivity contribution is -0.140. The second-order valence-electron chi connectivity index (χ2n) is 5.62. The third-order valence-electron chi connectivity index (χ3n) is 3.88. The van der Waals surface area contributed by atoms with Crippen LogP contribution in [0.4, 0.5) is 0 Å². The van der Waals surface area contributed by atoms with Gasteiger partial charge in [-0.15, -0.1) is 0 Å². The number of rotatable bonds is 7. The molecule has 2 unspecified atom stereocenters. The molecule has 1 amide bonds. The fourth-order valence-corrected chi connectivity index (χ4v) is 3.27.